The summed E-state index contributed by atoms with van der Waals surface area (Å²) in [5.41, 5.74) is 1.26. The van der Waals surface area contributed by atoms with Gasteiger partial charge in [0.05, 0.1) is 6.54 Å². The van der Waals surface area contributed by atoms with E-state index in [1.807, 2.05) is 36.4 Å². The number of amides is 2. The van der Waals surface area contributed by atoms with Gasteiger partial charge in [-0.15, -0.1) is 0 Å². The third kappa shape index (κ3) is 4.94. The van der Waals surface area contributed by atoms with Crippen molar-refractivity contribution in [3.05, 3.63) is 106 Å². The van der Waals surface area contributed by atoms with Crippen LogP contribution in [0.25, 0.3) is 0 Å². The zero-order chi connectivity index (χ0) is 19.8. The highest BCUT2D eigenvalue weighted by Crippen LogP contribution is 2.01. The minimum absolute atomic E-state index is 0.0767. The van der Waals surface area contributed by atoms with Gasteiger partial charge in [0.2, 0.25) is 0 Å². The summed E-state index contributed by atoms with van der Waals surface area (Å²) >= 11 is 0. The molecule has 2 aromatic carbocycles. The third-order valence-corrected chi connectivity index (χ3v) is 4.19. The van der Waals surface area contributed by atoms with Crippen molar-refractivity contribution in [3.63, 3.8) is 0 Å². The van der Waals surface area contributed by atoms with Crippen molar-refractivity contribution in [2.75, 3.05) is 13.1 Å². The first-order valence-electron chi connectivity index (χ1n) is 9.00. The minimum Gasteiger partial charge on any atom is -0.350 e. The molecule has 142 valence electrons. The molecule has 0 radical (unpaired) electrons. The average Bonchev–Trinajstić information content (AvgIpc) is 2.74. The third-order valence-electron chi connectivity index (χ3n) is 4.19. The molecule has 6 heteroatoms. The van der Waals surface area contributed by atoms with Gasteiger partial charge in [-0.2, -0.15) is 0 Å². The second-order valence-electron chi connectivity index (χ2n) is 6.22. The Morgan fingerprint density at radius 1 is 0.750 bits per heavy atom. The summed E-state index contributed by atoms with van der Waals surface area (Å²) in [6.45, 7) is 0.892. The maximum Gasteiger partial charge on any atom is 0.263 e. The molecule has 0 aliphatic rings. The second-order valence-corrected chi connectivity index (χ2v) is 6.22. The fourth-order valence-corrected chi connectivity index (χ4v) is 2.75. The van der Waals surface area contributed by atoms with Crippen LogP contribution in [0.3, 0.4) is 0 Å². The number of rotatable bonds is 7. The molecule has 0 bridgehead atoms. The first kappa shape index (κ1) is 19.1. The van der Waals surface area contributed by atoms with Crippen LogP contribution in [0.1, 0.15) is 26.3 Å². The summed E-state index contributed by atoms with van der Waals surface area (Å²) < 4.78 is 1.50. The van der Waals surface area contributed by atoms with Gasteiger partial charge in [-0.25, -0.2) is 0 Å². The Hall–Kier alpha value is -3.67. The van der Waals surface area contributed by atoms with E-state index in [9.17, 15) is 14.4 Å². The van der Waals surface area contributed by atoms with Gasteiger partial charge in [-0.1, -0.05) is 48.5 Å². The van der Waals surface area contributed by atoms with Crippen LogP contribution < -0.4 is 16.2 Å². The molecular formula is C22H21N3O3. The number of hydrogen-bond acceptors (Lipinski definition) is 3. The molecule has 28 heavy (non-hydrogen) atoms. The highest BCUT2D eigenvalue weighted by molar-refractivity contribution is 5.95. The Balaban J connectivity index is 1.55. The van der Waals surface area contributed by atoms with Gasteiger partial charge in [-0.05, 0) is 29.8 Å². The van der Waals surface area contributed by atoms with Crippen LogP contribution in [0.2, 0.25) is 0 Å². The quantitative estimate of drug-likeness (QED) is 0.621. The van der Waals surface area contributed by atoms with Crippen molar-refractivity contribution in [1.82, 2.24) is 15.2 Å². The van der Waals surface area contributed by atoms with Crippen LogP contribution in [0, 0.1) is 0 Å². The van der Waals surface area contributed by atoms with Crippen LogP contribution in [-0.2, 0) is 6.54 Å². The molecule has 3 aromatic rings. The molecule has 0 aliphatic heterocycles. The zero-order valence-corrected chi connectivity index (χ0v) is 15.3. The van der Waals surface area contributed by atoms with Crippen LogP contribution in [0.5, 0.6) is 0 Å². The lowest BCUT2D eigenvalue weighted by molar-refractivity contribution is 0.0926. The van der Waals surface area contributed by atoms with Crippen molar-refractivity contribution in [2.24, 2.45) is 0 Å². The molecule has 0 saturated heterocycles. The maximum absolute atomic E-state index is 12.6. The summed E-state index contributed by atoms with van der Waals surface area (Å²) in [5, 5.41) is 5.40. The Morgan fingerprint density at radius 2 is 1.36 bits per heavy atom. The van der Waals surface area contributed by atoms with E-state index in [2.05, 4.69) is 10.6 Å². The first-order chi connectivity index (χ1) is 13.6. The highest BCUT2D eigenvalue weighted by Gasteiger charge is 2.12. The van der Waals surface area contributed by atoms with E-state index >= 15 is 0 Å². The molecule has 0 aliphatic carbocycles. The molecule has 2 N–H and O–H groups in total. The minimum atomic E-state index is -0.457. The van der Waals surface area contributed by atoms with Crippen LogP contribution >= 0.6 is 0 Å². The number of hydrogen-bond donors (Lipinski definition) is 2. The summed E-state index contributed by atoms with van der Waals surface area (Å²) in [5.74, 6) is -0.666. The fourth-order valence-electron chi connectivity index (χ4n) is 2.75. The standard InChI is InChI=1S/C22H21N3O3/c26-20(18-10-5-2-6-11-18)23-13-14-24-21(27)19-12-7-15-25(22(19)28)16-17-8-3-1-4-9-17/h1-12,15H,13-14,16H2,(H,23,26)(H,24,27). The maximum atomic E-state index is 12.6. The predicted octanol–water partition coefficient (Wildman–Crippen LogP) is 2.06. The molecular weight excluding hydrogens is 354 g/mol. The van der Waals surface area contributed by atoms with E-state index in [0.717, 1.165) is 5.56 Å². The summed E-state index contributed by atoms with van der Waals surface area (Å²) in [7, 11) is 0. The Bertz CT molecular complexity index is 998. The van der Waals surface area contributed by atoms with Gasteiger partial charge in [0.25, 0.3) is 17.4 Å². The van der Waals surface area contributed by atoms with Crippen molar-refractivity contribution >= 4 is 11.8 Å². The normalized spacial score (nSPS) is 10.3. The number of carbonyl (C=O) groups excluding carboxylic acids is 2. The lowest BCUT2D eigenvalue weighted by Gasteiger charge is -2.09. The summed E-state index contributed by atoms with van der Waals surface area (Å²) in [6.07, 6.45) is 1.66. The molecule has 0 saturated carbocycles. The number of carbonyl (C=O) groups is 2. The zero-order valence-electron chi connectivity index (χ0n) is 15.3. The van der Waals surface area contributed by atoms with E-state index in [1.165, 1.54) is 10.6 Å². The monoisotopic (exact) mass is 375 g/mol. The highest BCUT2D eigenvalue weighted by atomic mass is 16.2. The largest absolute Gasteiger partial charge is 0.350 e. The molecule has 2 amide bonds. The van der Waals surface area contributed by atoms with Crippen LogP contribution in [-0.4, -0.2) is 29.5 Å². The van der Waals surface area contributed by atoms with E-state index in [1.54, 1.807) is 36.5 Å². The van der Waals surface area contributed by atoms with Gasteiger partial charge >= 0.3 is 0 Å². The van der Waals surface area contributed by atoms with Gasteiger partial charge in [0.15, 0.2) is 0 Å². The molecule has 6 nitrogen and oxygen atoms in total. The van der Waals surface area contributed by atoms with Crippen molar-refractivity contribution in [1.29, 1.82) is 0 Å². The average molecular weight is 375 g/mol. The van der Waals surface area contributed by atoms with Crippen molar-refractivity contribution in [3.8, 4) is 0 Å². The number of nitrogens with one attached hydrogen (secondary N) is 2. The lowest BCUT2D eigenvalue weighted by Crippen LogP contribution is -2.37. The van der Waals surface area contributed by atoms with E-state index in [-0.39, 0.29) is 30.1 Å². The molecule has 1 aromatic heterocycles. The molecule has 1 heterocycles. The lowest BCUT2D eigenvalue weighted by atomic mass is 10.2. The number of nitrogens with zero attached hydrogens (tertiary/aromatic N) is 1. The number of benzene rings is 2. The van der Waals surface area contributed by atoms with Crippen molar-refractivity contribution < 1.29 is 9.59 Å². The second kappa shape index (κ2) is 9.32. The van der Waals surface area contributed by atoms with E-state index in [0.29, 0.717) is 12.1 Å². The first-order valence-corrected chi connectivity index (χ1v) is 9.00. The molecule has 0 fully saturated rings. The summed E-state index contributed by atoms with van der Waals surface area (Å²) in [6, 6.07) is 21.6. The Labute approximate surface area is 162 Å². The number of aromatic nitrogens is 1. The molecule has 0 atom stereocenters. The molecule has 0 unspecified atom stereocenters. The van der Waals surface area contributed by atoms with E-state index < -0.39 is 5.91 Å². The van der Waals surface area contributed by atoms with Gasteiger partial charge < -0.3 is 15.2 Å². The number of pyridine rings is 1. The van der Waals surface area contributed by atoms with Gasteiger partial charge in [0.1, 0.15) is 5.56 Å². The predicted molar refractivity (Wildman–Crippen MR) is 107 cm³/mol. The topological polar surface area (TPSA) is 80.2 Å². The summed E-state index contributed by atoms with van der Waals surface area (Å²) in [4.78, 5) is 36.9. The van der Waals surface area contributed by atoms with Crippen LogP contribution in [0.15, 0.2) is 83.8 Å². The Kier molecular flexibility index (Phi) is 6.36. The van der Waals surface area contributed by atoms with Gasteiger partial charge in [-0.3, -0.25) is 14.4 Å². The fraction of sp³-hybridized carbons (Fsp3) is 0.136. The molecule has 3 rings (SSSR count). The van der Waals surface area contributed by atoms with E-state index in [4.69, 9.17) is 0 Å². The van der Waals surface area contributed by atoms with Gasteiger partial charge in [0, 0.05) is 24.8 Å². The smallest absolute Gasteiger partial charge is 0.263 e. The Morgan fingerprint density at radius 3 is 2.04 bits per heavy atom. The molecule has 0 spiro atoms. The SMILES string of the molecule is O=C(NCCNC(=O)c1cccn(Cc2ccccc2)c1=O)c1ccccc1. The van der Waals surface area contributed by atoms with Crippen LogP contribution in [0.4, 0.5) is 0 Å². The van der Waals surface area contributed by atoms with Crippen molar-refractivity contribution in [2.45, 2.75) is 6.54 Å².